The molecule has 1 aromatic rings. The monoisotopic (exact) mass is 245 g/mol. The van der Waals surface area contributed by atoms with Crippen LogP contribution in [0.5, 0.6) is 0 Å². The highest BCUT2D eigenvalue weighted by molar-refractivity contribution is 5.60. The quantitative estimate of drug-likeness (QED) is 0.889. The second-order valence-electron chi connectivity index (χ2n) is 5.14. The van der Waals surface area contributed by atoms with E-state index in [2.05, 4.69) is 23.3 Å². The molecular weight excluding hydrogens is 226 g/mol. The molecule has 0 aliphatic carbocycles. The summed E-state index contributed by atoms with van der Waals surface area (Å²) in [6.45, 7) is 7.47. The van der Waals surface area contributed by atoms with E-state index in [1.165, 1.54) is 0 Å². The molecule has 0 radical (unpaired) electrons. The van der Waals surface area contributed by atoms with Crippen molar-refractivity contribution in [3.8, 4) is 6.07 Å². The van der Waals surface area contributed by atoms with Gasteiger partial charge in [-0.05, 0) is 39.7 Å². The summed E-state index contributed by atoms with van der Waals surface area (Å²) in [7, 11) is 0. The van der Waals surface area contributed by atoms with E-state index in [1.807, 2.05) is 19.9 Å². The lowest BCUT2D eigenvalue weighted by molar-refractivity contribution is 0.0315. The predicted octanol–water partition coefficient (Wildman–Crippen LogP) is 2.55. The van der Waals surface area contributed by atoms with E-state index in [4.69, 9.17) is 4.74 Å². The van der Waals surface area contributed by atoms with Crippen LogP contribution >= 0.6 is 0 Å². The van der Waals surface area contributed by atoms with Gasteiger partial charge in [0.05, 0.1) is 22.5 Å². The average Bonchev–Trinajstić information content (AvgIpc) is 2.73. The minimum absolute atomic E-state index is 0.113. The topological polar surface area (TPSA) is 57.9 Å². The van der Waals surface area contributed by atoms with Crippen molar-refractivity contribution in [3.63, 3.8) is 0 Å². The first-order valence-electron chi connectivity index (χ1n) is 6.30. The van der Waals surface area contributed by atoms with Gasteiger partial charge in [0, 0.05) is 18.8 Å². The lowest BCUT2D eigenvalue weighted by Gasteiger charge is -2.24. The number of ether oxygens (including phenoxy) is 1. The van der Waals surface area contributed by atoms with Gasteiger partial charge in [-0.15, -0.1) is 0 Å². The van der Waals surface area contributed by atoms with Crippen molar-refractivity contribution < 1.29 is 4.74 Å². The van der Waals surface area contributed by atoms with Gasteiger partial charge in [-0.1, -0.05) is 0 Å². The molecule has 4 heteroatoms. The fourth-order valence-electron chi connectivity index (χ4n) is 2.37. The molecule has 0 amide bonds. The van der Waals surface area contributed by atoms with Gasteiger partial charge in [0.15, 0.2) is 0 Å². The smallest absolute Gasteiger partial charge is 0.103 e. The Morgan fingerprint density at radius 2 is 2.33 bits per heavy atom. The Balaban J connectivity index is 2.16. The number of rotatable bonds is 3. The van der Waals surface area contributed by atoms with Crippen LogP contribution in [0.2, 0.25) is 0 Å². The van der Waals surface area contributed by atoms with Crippen LogP contribution in [0.4, 0.5) is 5.69 Å². The maximum atomic E-state index is 9.19. The lowest BCUT2D eigenvalue weighted by atomic mass is 10.0. The summed E-state index contributed by atoms with van der Waals surface area (Å²) in [4.78, 5) is 4.31. The number of nitrogens with zero attached hydrogens (tertiary/aromatic N) is 2. The van der Waals surface area contributed by atoms with E-state index in [1.54, 1.807) is 0 Å². The molecule has 0 saturated carbocycles. The first-order chi connectivity index (χ1) is 8.54. The van der Waals surface area contributed by atoms with Crippen LogP contribution < -0.4 is 5.32 Å². The molecule has 1 aliphatic rings. The van der Waals surface area contributed by atoms with Crippen LogP contribution in [0.25, 0.3) is 0 Å². The van der Waals surface area contributed by atoms with Crippen LogP contribution in [0.15, 0.2) is 6.07 Å². The molecule has 1 atom stereocenters. The van der Waals surface area contributed by atoms with Crippen molar-refractivity contribution in [2.45, 2.75) is 39.2 Å². The number of hydrogen-bond acceptors (Lipinski definition) is 4. The molecule has 4 nitrogen and oxygen atoms in total. The predicted molar refractivity (Wildman–Crippen MR) is 70.5 cm³/mol. The summed E-state index contributed by atoms with van der Waals surface area (Å²) in [5.41, 5.74) is 3.07. The third-order valence-corrected chi connectivity index (χ3v) is 3.39. The number of hydrogen-bond donors (Lipinski definition) is 1. The fourth-order valence-corrected chi connectivity index (χ4v) is 2.37. The fraction of sp³-hybridized carbons (Fsp3) is 0.571. The van der Waals surface area contributed by atoms with E-state index >= 15 is 0 Å². The maximum Gasteiger partial charge on any atom is 0.103 e. The minimum Gasteiger partial charge on any atom is -0.381 e. The summed E-state index contributed by atoms with van der Waals surface area (Å²) in [5, 5.41) is 12.5. The normalized spacial score (nSPS) is 22.8. The van der Waals surface area contributed by atoms with E-state index < -0.39 is 0 Å². The van der Waals surface area contributed by atoms with Crippen molar-refractivity contribution >= 4 is 5.69 Å². The van der Waals surface area contributed by atoms with Gasteiger partial charge in [0.25, 0.3) is 0 Å². The van der Waals surface area contributed by atoms with Gasteiger partial charge < -0.3 is 10.1 Å². The average molecular weight is 245 g/mol. The van der Waals surface area contributed by atoms with Gasteiger partial charge in [-0.2, -0.15) is 5.26 Å². The van der Waals surface area contributed by atoms with Crippen LogP contribution in [0, 0.1) is 25.2 Å². The lowest BCUT2D eigenvalue weighted by Crippen LogP contribution is -2.32. The van der Waals surface area contributed by atoms with E-state index in [9.17, 15) is 5.26 Å². The number of aryl methyl sites for hydroxylation is 2. The Kier molecular flexibility index (Phi) is 3.53. The Morgan fingerprint density at radius 1 is 1.56 bits per heavy atom. The van der Waals surface area contributed by atoms with Crippen molar-refractivity contribution in [2.75, 3.05) is 18.5 Å². The Bertz CT molecular complexity index is 485. The maximum absolute atomic E-state index is 9.19. The zero-order valence-electron chi connectivity index (χ0n) is 11.2. The molecule has 0 aromatic carbocycles. The van der Waals surface area contributed by atoms with Crippen LogP contribution in [0.1, 0.15) is 36.7 Å². The molecule has 1 N–H and O–H groups in total. The first kappa shape index (κ1) is 12.8. The van der Waals surface area contributed by atoms with E-state index in [0.717, 1.165) is 43.1 Å². The Morgan fingerprint density at radius 3 is 2.94 bits per heavy atom. The van der Waals surface area contributed by atoms with E-state index in [-0.39, 0.29) is 5.60 Å². The highest BCUT2D eigenvalue weighted by atomic mass is 16.5. The number of pyridine rings is 1. The molecule has 1 unspecified atom stereocenters. The highest BCUT2D eigenvalue weighted by Crippen LogP contribution is 2.26. The summed E-state index contributed by atoms with van der Waals surface area (Å²) in [6, 6.07) is 4.13. The molecule has 0 bridgehead atoms. The molecule has 96 valence electrons. The first-order valence-corrected chi connectivity index (χ1v) is 6.30. The molecule has 1 fully saturated rings. The summed E-state index contributed by atoms with van der Waals surface area (Å²) in [6.07, 6.45) is 2.17. The zero-order valence-corrected chi connectivity index (χ0v) is 11.2. The summed E-state index contributed by atoms with van der Waals surface area (Å²) in [5.74, 6) is 0. The van der Waals surface area contributed by atoms with Gasteiger partial charge in [0.1, 0.15) is 6.07 Å². The molecule has 0 spiro atoms. The Hall–Kier alpha value is -1.60. The van der Waals surface area contributed by atoms with Gasteiger partial charge in [0.2, 0.25) is 0 Å². The van der Waals surface area contributed by atoms with Gasteiger partial charge in [-0.3, -0.25) is 4.98 Å². The van der Waals surface area contributed by atoms with Gasteiger partial charge in [-0.25, -0.2) is 0 Å². The number of nitrogens with one attached hydrogen (secondary N) is 1. The number of anilines is 1. The van der Waals surface area contributed by atoms with Crippen LogP contribution in [-0.4, -0.2) is 23.7 Å². The summed E-state index contributed by atoms with van der Waals surface area (Å²) >= 11 is 0. The molecule has 2 rings (SSSR count). The summed E-state index contributed by atoms with van der Waals surface area (Å²) < 4.78 is 5.74. The molecular formula is C14H19N3O. The Labute approximate surface area is 108 Å². The van der Waals surface area contributed by atoms with Crippen molar-refractivity contribution in [2.24, 2.45) is 0 Å². The van der Waals surface area contributed by atoms with Crippen LogP contribution in [0.3, 0.4) is 0 Å². The number of aromatic nitrogens is 1. The van der Waals surface area contributed by atoms with Crippen LogP contribution in [-0.2, 0) is 4.74 Å². The third kappa shape index (κ3) is 2.62. The van der Waals surface area contributed by atoms with E-state index in [0.29, 0.717) is 5.56 Å². The van der Waals surface area contributed by atoms with Crippen molar-refractivity contribution in [1.82, 2.24) is 4.98 Å². The zero-order chi connectivity index (χ0) is 13.2. The molecule has 1 aromatic heterocycles. The second-order valence-corrected chi connectivity index (χ2v) is 5.14. The largest absolute Gasteiger partial charge is 0.381 e. The standard InChI is InChI=1S/C14H19N3O/c1-10-7-13(12(8-15)11(2)17-10)16-9-14(3)5-4-6-18-14/h7H,4-6,9H2,1-3H3,(H,16,17). The molecule has 1 saturated heterocycles. The molecule has 2 heterocycles. The van der Waals surface area contributed by atoms with Crippen molar-refractivity contribution in [3.05, 3.63) is 23.0 Å². The molecule has 1 aliphatic heterocycles. The SMILES string of the molecule is Cc1cc(NCC2(C)CCCO2)c(C#N)c(C)n1. The second kappa shape index (κ2) is 4.95. The molecule has 18 heavy (non-hydrogen) atoms. The minimum atomic E-state index is -0.113. The van der Waals surface area contributed by atoms with Crippen molar-refractivity contribution in [1.29, 1.82) is 5.26 Å². The third-order valence-electron chi connectivity index (χ3n) is 3.39. The number of nitriles is 1. The highest BCUT2D eigenvalue weighted by Gasteiger charge is 2.29. The van der Waals surface area contributed by atoms with Gasteiger partial charge >= 0.3 is 0 Å².